The zero-order chi connectivity index (χ0) is 30.3. The van der Waals surface area contributed by atoms with Gasteiger partial charge in [-0.05, 0) is 25.8 Å². The van der Waals surface area contributed by atoms with Crippen molar-refractivity contribution in [1.82, 2.24) is 5.32 Å². The first-order chi connectivity index (χ1) is 19.5. The van der Waals surface area contributed by atoms with Crippen LogP contribution in [0.1, 0.15) is 45.1 Å². The number of nitro benzene ring substituents is 1. The smallest absolute Gasteiger partial charge is 0.336 e. The van der Waals surface area contributed by atoms with Gasteiger partial charge in [-0.2, -0.15) is 0 Å². The number of nitrogens with one attached hydrogen (secondary N) is 1. The van der Waals surface area contributed by atoms with Crippen LogP contribution in [0.4, 0.5) is 5.69 Å². The van der Waals surface area contributed by atoms with Crippen LogP contribution in [0.15, 0.2) is 46.8 Å². The van der Waals surface area contributed by atoms with Crippen molar-refractivity contribution in [2.75, 3.05) is 26.4 Å². The highest BCUT2D eigenvalue weighted by atomic mass is 16.7. The van der Waals surface area contributed by atoms with E-state index in [2.05, 4.69) is 5.32 Å². The summed E-state index contributed by atoms with van der Waals surface area (Å²) in [5.74, 6) is -2.55. The Morgan fingerprint density at radius 1 is 1.00 bits per heavy atom. The Bertz CT molecular complexity index is 1180. The van der Waals surface area contributed by atoms with Gasteiger partial charge < -0.3 is 44.7 Å². The Kier molecular flexibility index (Phi) is 11.3. The van der Waals surface area contributed by atoms with E-state index in [1.165, 1.54) is 18.2 Å². The summed E-state index contributed by atoms with van der Waals surface area (Å²) in [4.78, 5) is 37.5. The van der Waals surface area contributed by atoms with E-state index < -0.39 is 60.1 Å². The molecule has 1 aromatic rings. The molecule has 41 heavy (non-hydrogen) atoms. The maximum Gasteiger partial charge on any atom is 0.336 e. The van der Waals surface area contributed by atoms with Gasteiger partial charge in [-0.15, -0.1) is 0 Å². The number of aliphatic hydroxyl groups is 4. The highest BCUT2D eigenvalue weighted by Gasteiger charge is 2.44. The predicted octanol–water partition coefficient (Wildman–Crippen LogP) is 0.533. The normalized spacial score (nSPS) is 26.4. The van der Waals surface area contributed by atoms with Gasteiger partial charge in [-0.1, -0.05) is 25.5 Å². The lowest BCUT2D eigenvalue weighted by atomic mass is 9.80. The number of hydrogen-bond donors (Lipinski definition) is 5. The molecule has 3 rings (SSSR count). The minimum absolute atomic E-state index is 0.0337. The average molecular weight is 581 g/mol. The third-order valence-corrected chi connectivity index (χ3v) is 6.79. The molecule has 14 nitrogen and oxygen atoms in total. The number of rotatable bonds is 12. The molecule has 0 aromatic heterocycles. The maximum atomic E-state index is 13.4. The van der Waals surface area contributed by atoms with Crippen LogP contribution in [0, 0.1) is 10.1 Å². The lowest BCUT2D eigenvalue weighted by Gasteiger charge is -2.39. The van der Waals surface area contributed by atoms with Crippen LogP contribution in [-0.2, 0) is 28.5 Å². The van der Waals surface area contributed by atoms with E-state index in [1.807, 2.05) is 6.92 Å². The van der Waals surface area contributed by atoms with E-state index in [4.69, 9.17) is 18.9 Å². The third kappa shape index (κ3) is 7.47. The second kappa shape index (κ2) is 14.5. The highest BCUT2D eigenvalue weighted by Crippen LogP contribution is 2.40. The summed E-state index contributed by atoms with van der Waals surface area (Å²) in [5.41, 5.74) is 1.01. The Balaban J connectivity index is 1.81. The molecule has 14 heteroatoms. The number of non-ortho nitro benzene ring substituents is 1. The molecule has 0 saturated carbocycles. The van der Waals surface area contributed by atoms with Gasteiger partial charge in [-0.25, -0.2) is 9.59 Å². The zero-order valence-corrected chi connectivity index (χ0v) is 23.0. The summed E-state index contributed by atoms with van der Waals surface area (Å²) < 4.78 is 21.5. The summed E-state index contributed by atoms with van der Waals surface area (Å²) in [6, 6.07) is 5.60. The lowest BCUT2D eigenvalue weighted by molar-refractivity contribution is -0.384. The van der Waals surface area contributed by atoms with Crippen molar-refractivity contribution in [3.05, 3.63) is 62.5 Å². The number of hydrogen-bond acceptors (Lipinski definition) is 13. The van der Waals surface area contributed by atoms with Gasteiger partial charge in [0.1, 0.15) is 31.0 Å². The number of carbonyl (C=O) groups excluding carboxylic acids is 2. The number of nitro groups is 1. The van der Waals surface area contributed by atoms with Gasteiger partial charge in [0.05, 0.1) is 41.8 Å². The topological polar surface area (TPSA) is 207 Å². The summed E-state index contributed by atoms with van der Waals surface area (Å²) in [7, 11) is 0. The molecule has 0 aliphatic carbocycles. The first-order valence-corrected chi connectivity index (χ1v) is 13.2. The Hall–Kier alpha value is -3.40. The number of nitrogens with zero attached hydrogens (tertiary/aromatic N) is 1. The number of unbranched alkanes of at least 4 members (excludes halogenated alkanes) is 1. The maximum absolute atomic E-state index is 13.4. The quantitative estimate of drug-likeness (QED) is 0.0991. The number of allylic oxidation sites excluding steroid dienone is 2. The SMILES string of the molecule is CCCCOC(=O)C1=C(C)NC(C)=C(C(=O)OCCO[C@H]2O[C@H](CO)[C@@H](O)[C@H](O)[C@H]2O)C1c1cccc([N+](=O)[O-])c1. The molecule has 6 atom stereocenters. The molecule has 1 saturated heterocycles. The number of dihydropyridines is 1. The summed E-state index contributed by atoms with van der Waals surface area (Å²) in [6.07, 6.45) is -5.95. The molecule has 0 radical (unpaired) electrons. The first kappa shape index (κ1) is 32.1. The van der Waals surface area contributed by atoms with Crippen molar-refractivity contribution in [3.8, 4) is 0 Å². The zero-order valence-electron chi connectivity index (χ0n) is 23.0. The highest BCUT2D eigenvalue weighted by molar-refractivity contribution is 6.00. The van der Waals surface area contributed by atoms with Crippen LogP contribution in [0.2, 0.25) is 0 Å². The van der Waals surface area contributed by atoms with Gasteiger partial charge in [0, 0.05) is 23.5 Å². The monoisotopic (exact) mass is 580 g/mol. The van der Waals surface area contributed by atoms with Gasteiger partial charge in [0.25, 0.3) is 5.69 Å². The molecule has 0 amide bonds. The van der Waals surface area contributed by atoms with Crippen molar-refractivity contribution in [1.29, 1.82) is 0 Å². The van der Waals surface area contributed by atoms with Crippen LogP contribution < -0.4 is 5.32 Å². The van der Waals surface area contributed by atoms with Gasteiger partial charge in [0.2, 0.25) is 0 Å². The van der Waals surface area contributed by atoms with Crippen molar-refractivity contribution < 1.29 is 53.9 Å². The van der Waals surface area contributed by atoms with Crippen molar-refractivity contribution in [3.63, 3.8) is 0 Å². The number of benzene rings is 1. The van der Waals surface area contributed by atoms with Gasteiger partial charge in [-0.3, -0.25) is 10.1 Å². The molecule has 1 fully saturated rings. The fourth-order valence-corrected chi connectivity index (χ4v) is 4.65. The van der Waals surface area contributed by atoms with E-state index in [1.54, 1.807) is 19.9 Å². The van der Waals surface area contributed by atoms with E-state index in [0.29, 0.717) is 23.4 Å². The molecule has 0 spiro atoms. The van der Waals surface area contributed by atoms with E-state index >= 15 is 0 Å². The number of aliphatic hydroxyl groups excluding tert-OH is 4. The van der Waals surface area contributed by atoms with Gasteiger partial charge in [0.15, 0.2) is 6.29 Å². The minimum atomic E-state index is -1.63. The molecule has 5 N–H and O–H groups in total. The number of esters is 2. The summed E-state index contributed by atoms with van der Waals surface area (Å²) >= 11 is 0. The van der Waals surface area contributed by atoms with Crippen molar-refractivity contribution in [2.45, 2.75) is 70.2 Å². The molecular weight excluding hydrogens is 544 g/mol. The Morgan fingerprint density at radius 2 is 1.63 bits per heavy atom. The van der Waals surface area contributed by atoms with Gasteiger partial charge >= 0.3 is 11.9 Å². The van der Waals surface area contributed by atoms with Crippen molar-refractivity contribution >= 4 is 17.6 Å². The van der Waals surface area contributed by atoms with Crippen LogP contribution in [-0.4, -0.2) is 94.4 Å². The molecule has 2 aliphatic rings. The van der Waals surface area contributed by atoms with Crippen LogP contribution in [0.25, 0.3) is 0 Å². The number of carbonyl (C=O) groups is 2. The van der Waals surface area contributed by atoms with E-state index in [0.717, 1.165) is 6.42 Å². The lowest BCUT2D eigenvalue weighted by Crippen LogP contribution is -2.59. The molecule has 1 aromatic carbocycles. The fraction of sp³-hybridized carbons (Fsp3) is 0.556. The minimum Gasteiger partial charge on any atom is -0.462 e. The summed E-state index contributed by atoms with van der Waals surface area (Å²) in [5, 5.41) is 53.7. The van der Waals surface area contributed by atoms with Crippen LogP contribution >= 0.6 is 0 Å². The summed E-state index contributed by atoms with van der Waals surface area (Å²) in [6.45, 7) is 4.07. The van der Waals surface area contributed by atoms with Crippen LogP contribution in [0.3, 0.4) is 0 Å². The van der Waals surface area contributed by atoms with E-state index in [-0.39, 0.29) is 36.7 Å². The second-order valence-corrected chi connectivity index (χ2v) is 9.68. The largest absolute Gasteiger partial charge is 0.462 e. The van der Waals surface area contributed by atoms with Crippen molar-refractivity contribution in [2.24, 2.45) is 0 Å². The second-order valence-electron chi connectivity index (χ2n) is 9.68. The molecule has 2 aliphatic heterocycles. The average Bonchev–Trinajstić information content (AvgIpc) is 2.94. The fourth-order valence-electron chi connectivity index (χ4n) is 4.65. The molecule has 2 heterocycles. The Labute approximate surface area is 236 Å². The van der Waals surface area contributed by atoms with Crippen LogP contribution in [0.5, 0.6) is 0 Å². The standard InChI is InChI=1S/C27H36N2O12/c1-4-5-9-38-25(34)19-14(2)28-15(3)20(21(19)16-7-6-8-17(12-16)29(36)37)26(35)39-10-11-40-27-24(33)23(32)22(31)18(13-30)41-27/h6-8,12,18,21-24,27-28,30-33H,4-5,9-11,13H2,1-3H3/t18-,21?,22-,23+,24-,27+/m1/s1. The van der Waals surface area contributed by atoms with E-state index in [9.17, 15) is 40.1 Å². The molecule has 226 valence electrons. The predicted molar refractivity (Wildman–Crippen MR) is 141 cm³/mol. The molecule has 0 bridgehead atoms. The third-order valence-electron chi connectivity index (χ3n) is 6.79. The molecular formula is C27H36N2O12. The number of ether oxygens (including phenoxy) is 4. The molecule has 1 unspecified atom stereocenters. The Morgan fingerprint density at radius 3 is 2.22 bits per heavy atom. The first-order valence-electron chi connectivity index (χ1n) is 13.2.